The number of methoxy groups -OCH3 is 1. The van der Waals surface area contributed by atoms with Gasteiger partial charge in [0.1, 0.15) is 22.8 Å². The fourth-order valence-corrected chi connectivity index (χ4v) is 10.5. The van der Waals surface area contributed by atoms with Crippen LogP contribution in [0.5, 0.6) is 0 Å². The molecule has 2 saturated heterocycles. The number of ether oxygens (including phenoxy) is 3. The number of esters is 1. The molecule has 6 rings (SSSR count). The van der Waals surface area contributed by atoms with Crippen molar-refractivity contribution >= 4 is 69.6 Å². The number of rotatable bonds is 10. The Labute approximate surface area is 463 Å². The Morgan fingerprint density at radius 1 is 0.658 bits per heavy atom. The van der Waals surface area contributed by atoms with Crippen LogP contribution in [0.2, 0.25) is 0 Å². The molecule has 400 valence electrons. The average molecular weight is 1060 g/mol. The monoisotopic (exact) mass is 1060 g/mol. The zero-order valence-electron chi connectivity index (χ0n) is 45.6. The summed E-state index contributed by atoms with van der Waals surface area (Å²) in [5, 5.41) is 16.9. The van der Waals surface area contributed by atoms with Crippen LogP contribution in [0.15, 0.2) is 12.1 Å². The fourth-order valence-electron chi connectivity index (χ4n) is 8.76. The Hall–Kier alpha value is -3.82. The topological polar surface area (TPSA) is 214 Å². The Bertz CT molecular complexity index is 2300. The number of carboxylic acids is 1. The first-order chi connectivity index (χ1) is 33.4. The van der Waals surface area contributed by atoms with Gasteiger partial charge in [-0.05, 0) is 131 Å². The number of hydrogen-bond acceptors (Lipinski definition) is 13. The van der Waals surface area contributed by atoms with E-state index in [-0.39, 0.29) is 117 Å². The van der Waals surface area contributed by atoms with Gasteiger partial charge in [0.15, 0.2) is 0 Å². The number of carbonyl (C=O) groups excluding carboxylic acids is 5. The molecule has 0 spiro atoms. The number of amides is 4. The van der Waals surface area contributed by atoms with Crippen molar-refractivity contribution < 1.29 is 88.2 Å². The molecule has 16 nitrogen and oxygen atoms in total. The molecule has 3 N–H and O–H groups in total. The number of hydrogen-bond donors (Lipinski definition) is 2. The first-order valence-corrected chi connectivity index (χ1v) is 26.6. The molecule has 2 aliphatic heterocycles. The number of carbonyl (C=O) groups is 6. The Morgan fingerprint density at radius 2 is 1.01 bits per heavy atom. The third kappa shape index (κ3) is 20.0. The molecule has 0 bridgehead atoms. The number of aromatic carboxylic acids is 1. The molecule has 4 heterocycles. The van der Waals surface area contributed by atoms with Crippen LogP contribution in [-0.2, 0) is 33.4 Å². The van der Waals surface area contributed by atoms with Gasteiger partial charge in [-0.1, -0.05) is 37.5 Å². The van der Waals surface area contributed by atoms with Crippen molar-refractivity contribution in [2.24, 2.45) is 34.5 Å². The smallest absolute Gasteiger partial charge is 0.870 e. The van der Waals surface area contributed by atoms with Gasteiger partial charge < -0.3 is 49.5 Å². The third-order valence-electron chi connectivity index (χ3n) is 12.7. The molecule has 2 aromatic rings. The van der Waals surface area contributed by atoms with Crippen molar-refractivity contribution in [3.8, 4) is 23.7 Å². The van der Waals surface area contributed by atoms with Crippen LogP contribution in [0.4, 0.5) is 11.4 Å². The average Bonchev–Trinajstić information content (AvgIpc) is 3.96. The van der Waals surface area contributed by atoms with Gasteiger partial charge >= 0.3 is 41.5 Å². The van der Waals surface area contributed by atoms with E-state index in [1.54, 1.807) is 21.9 Å². The number of morpholine rings is 2. The molecule has 2 unspecified atom stereocenters. The molecule has 19 heteroatoms. The molecule has 0 aromatic carbocycles. The van der Waals surface area contributed by atoms with Gasteiger partial charge in [-0.2, -0.15) is 0 Å². The largest absolute Gasteiger partial charge is 1.00 e. The van der Waals surface area contributed by atoms with E-state index >= 15 is 0 Å². The number of carboxylic acid groups (broad SMARTS) is 1. The van der Waals surface area contributed by atoms with Gasteiger partial charge in [0.25, 0.3) is 0 Å². The zero-order chi connectivity index (χ0) is 52.8. The van der Waals surface area contributed by atoms with E-state index in [9.17, 15) is 33.9 Å². The molecule has 2 aromatic heterocycles. The van der Waals surface area contributed by atoms with Crippen LogP contribution in [0.3, 0.4) is 0 Å². The summed E-state index contributed by atoms with van der Waals surface area (Å²) in [7, 11) is 2.32. The maximum atomic E-state index is 13.8. The van der Waals surface area contributed by atoms with Gasteiger partial charge in [0, 0.05) is 56.0 Å². The van der Waals surface area contributed by atoms with E-state index < -0.39 is 11.9 Å². The summed E-state index contributed by atoms with van der Waals surface area (Å²) in [6, 6.07) is 3.42. The predicted molar refractivity (Wildman–Crippen MR) is 281 cm³/mol. The summed E-state index contributed by atoms with van der Waals surface area (Å²) < 4.78 is 16.2. The number of nitrogens with zero attached hydrogens (tertiary/aromatic N) is 4. The number of aliphatic hydroxyl groups excluding tert-OH is 1. The van der Waals surface area contributed by atoms with E-state index in [4.69, 9.17) is 19.3 Å². The van der Waals surface area contributed by atoms with Gasteiger partial charge in [0.2, 0.25) is 23.6 Å². The van der Waals surface area contributed by atoms with Crippen LogP contribution in [-0.4, -0.2) is 140 Å². The van der Waals surface area contributed by atoms with Gasteiger partial charge in [-0.25, -0.2) is 9.59 Å². The zero-order valence-corrected chi connectivity index (χ0v) is 49.2. The molecule has 2 aliphatic carbocycles. The second kappa shape index (κ2) is 30.1. The summed E-state index contributed by atoms with van der Waals surface area (Å²) in [6.45, 7) is 22.7. The second-order valence-electron chi connectivity index (χ2n) is 21.3. The van der Waals surface area contributed by atoms with E-state index in [1.165, 1.54) is 28.2 Å². The predicted octanol–water partition coefficient (Wildman–Crippen LogP) is 5.03. The normalized spacial score (nSPS) is 21.7. The van der Waals surface area contributed by atoms with Crippen molar-refractivity contribution in [3.63, 3.8) is 0 Å². The molecule has 4 fully saturated rings. The van der Waals surface area contributed by atoms with Crippen LogP contribution < -0.4 is 39.4 Å². The summed E-state index contributed by atoms with van der Waals surface area (Å²) in [5.41, 5.74) is 0.227. The van der Waals surface area contributed by atoms with E-state index in [2.05, 4.69) is 37.5 Å². The fraction of sp³-hybridized carbons (Fsp3) is 0.667. The van der Waals surface area contributed by atoms with E-state index in [0.29, 0.717) is 71.5 Å². The number of aliphatic hydroxyl groups is 1. The summed E-state index contributed by atoms with van der Waals surface area (Å²) in [4.78, 5) is 86.8. The van der Waals surface area contributed by atoms with Crippen molar-refractivity contribution in [1.82, 2.24) is 9.80 Å². The van der Waals surface area contributed by atoms with Crippen molar-refractivity contribution in [2.45, 2.75) is 133 Å². The minimum atomic E-state index is -1.12. The summed E-state index contributed by atoms with van der Waals surface area (Å²) in [6.07, 6.45) is 6.82. The Balaban J connectivity index is 0.000000471. The van der Waals surface area contributed by atoms with E-state index in [0.717, 1.165) is 69.8 Å². The van der Waals surface area contributed by atoms with Gasteiger partial charge in [-0.3, -0.25) is 19.2 Å². The standard InChI is InChI=1S/C27H38N2O5S.C26H36N2O5S.CH4O.Na.H2O/c1-18-7-9-20(10-8-18)25(31)29(17-23(30)28-13-14-34-19(2)16-28)22-15-21(11-12-27(3,4)5)35-24(22)26(32)33-6;1-17-6-8-19(9-7-17)24(30)28(16-22(29)27-12-13-33-18(2)15-27)21-14-20(10-11-26(3,4)5)34-23(21)25(31)32;1-2;;/h15,18-20H,7-10,13-14,16-17H2,1-6H3;14,17-19H,6-9,12-13,15-16H2,1-5H3,(H,31,32);2H,1H3;;1H2/q;;;+1;/p-1. The van der Waals surface area contributed by atoms with E-state index in [1.807, 2.05) is 55.4 Å². The number of anilines is 2. The van der Waals surface area contributed by atoms with Crippen LogP contribution in [0.1, 0.15) is 150 Å². The first kappa shape index (κ1) is 65.3. The Kier molecular flexibility index (Phi) is 26.9. The quantitative estimate of drug-likeness (QED) is 0.182. The molecule has 2 atom stereocenters. The molecule has 4 amide bonds. The van der Waals surface area contributed by atoms with Crippen LogP contribution >= 0.6 is 22.7 Å². The second-order valence-corrected chi connectivity index (χ2v) is 23.4. The minimum Gasteiger partial charge on any atom is -0.870 e. The van der Waals surface area contributed by atoms with Crippen LogP contribution in [0.25, 0.3) is 0 Å². The first-order valence-electron chi connectivity index (χ1n) is 24.9. The SMILES string of the molecule is CC1CCC(C(=O)N(CC(=O)N2CCOC(C)C2)c2cc(C#CC(C)(C)C)sc2C(=O)O)CC1.CO.COC(=O)c1sc(C#CC(C)(C)C)cc1N(CC(=O)N1CCOC(C)C1)C(=O)C1CCC(C)CC1.[Na+].[OH-]. The van der Waals surface area contributed by atoms with Gasteiger partial charge in [-0.15, -0.1) is 22.7 Å². The molecular formula is C54H79N4NaO12S2. The minimum absolute atomic E-state index is 0. The number of thiophene rings is 2. The van der Waals surface area contributed by atoms with Crippen molar-refractivity contribution in [2.75, 3.05) is 76.5 Å². The Morgan fingerprint density at radius 3 is 1.34 bits per heavy atom. The molecule has 0 radical (unpaired) electrons. The molecular weight excluding hydrogens is 984 g/mol. The maximum Gasteiger partial charge on any atom is 1.00 e. The van der Waals surface area contributed by atoms with Crippen molar-refractivity contribution in [1.29, 1.82) is 0 Å². The molecule has 73 heavy (non-hydrogen) atoms. The molecule has 2 saturated carbocycles. The van der Waals surface area contributed by atoms with Crippen LogP contribution in [0, 0.1) is 58.2 Å². The molecule has 4 aliphatic rings. The summed E-state index contributed by atoms with van der Waals surface area (Å²) in [5.74, 6) is 11.0. The van der Waals surface area contributed by atoms with Crippen molar-refractivity contribution in [3.05, 3.63) is 31.6 Å². The summed E-state index contributed by atoms with van der Waals surface area (Å²) >= 11 is 2.25. The third-order valence-corrected chi connectivity index (χ3v) is 14.8. The maximum absolute atomic E-state index is 13.8. The van der Waals surface area contributed by atoms with Gasteiger partial charge in [0.05, 0.1) is 53.7 Å².